The van der Waals surface area contributed by atoms with Crippen LogP contribution in [0.4, 0.5) is 4.79 Å². The van der Waals surface area contributed by atoms with Gasteiger partial charge in [-0.2, -0.15) is 0 Å². The molecular weight excluding hydrogens is 442 g/mol. The van der Waals surface area contributed by atoms with Gasteiger partial charge >= 0.3 is 6.09 Å². The molecule has 0 bridgehead atoms. The van der Waals surface area contributed by atoms with E-state index in [2.05, 4.69) is 5.32 Å². The highest BCUT2D eigenvalue weighted by molar-refractivity contribution is 5.96. The molecule has 1 saturated heterocycles. The first-order valence-electron chi connectivity index (χ1n) is 13.1. The number of hydrogen-bond acceptors (Lipinski definition) is 5. The maximum Gasteiger partial charge on any atom is 0.410 e. The van der Waals surface area contributed by atoms with Gasteiger partial charge in [-0.15, -0.1) is 0 Å². The second-order valence-corrected chi connectivity index (χ2v) is 11.5. The van der Waals surface area contributed by atoms with E-state index in [1.807, 2.05) is 45.2 Å². The third kappa shape index (κ3) is 5.01. The van der Waals surface area contributed by atoms with Crippen molar-refractivity contribution in [3.63, 3.8) is 0 Å². The van der Waals surface area contributed by atoms with E-state index >= 15 is 0 Å². The van der Waals surface area contributed by atoms with Gasteiger partial charge in [0.2, 0.25) is 0 Å². The standard InChI is InChI=1S/C28H37N3O4/c1-28(2,3)35-27(34)31-16-21-14-30(15-22(21)17-31)26(33)20-9-10-23-19(13-20)11-12-29-24(23)25(32)18-7-5-4-6-8-18/h9-10,13-14,18,22,24,29H,4-8,11-12,15-17H2,1-3H3. The molecule has 0 spiro atoms. The fourth-order valence-electron chi connectivity index (χ4n) is 5.96. The zero-order valence-corrected chi connectivity index (χ0v) is 21.1. The van der Waals surface area contributed by atoms with E-state index in [1.165, 1.54) is 6.42 Å². The van der Waals surface area contributed by atoms with Crippen molar-refractivity contribution in [2.24, 2.45) is 11.8 Å². The van der Waals surface area contributed by atoms with Crippen LogP contribution in [0, 0.1) is 11.8 Å². The second-order valence-electron chi connectivity index (χ2n) is 11.5. The molecule has 2 amide bonds. The van der Waals surface area contributed by atoms with Crippen LogP contribution in [0.15, 0.2) is 30.0 Å². The van der Waals surface area contributed by atoms with Gasteiger partial charge in [-0.05, 0) is 68.9 Å². The largest absolute Gasteiger partial charge is 0.444 e. The summed E-state index contributed by atoms with van der Waals surface area (Å²) in [5.74, 6) is 0.610. The average Bonchev–Trinajstić information content (AvgIpc) is 3.42. The number of nitrogens with one attached hydrogen (secondary N) is 1. The first-order valence-corrected chi connectivity index (χ1v) is 13.1. The third-order valence-electron chi connectivity index (χ3n) is 7.73. The van der Waals surface area contributed by atoms with Gasteiger partial charge in [0.05, 0.1) is 6.04 Å². The van der Waals surface area contributed by atoms with Crippen molar-refractivity contribution in [1.82, 2.24) is 15.1 Å². The maximum absolute atomic E-state index is 13.3. The zero-order chi connectivity index (χ0) is 24.7. The van der Waals surface area contributed by atoms with Crippen molar-refractivity contribution in [2.75, 3.05) is 26.2 Å². The average molecular weight is 480 g/mol. The van der Waals surface area contributed by atoms with Crippen LogP contribution in [0.1, 0.15) is 80.4 Å². The van der Waals surface area contributed by atoms with Crippen molar-refractivity contribution in [2.45, 2.75) is 70.9 Å². The highest BCUT2D eigenvalue weighted by Gasteiger charge is 2.39. The summed E-state index contributed by atoms with van der Waals surface area (Å²) in [7, 11) is 0. The zero-order valence-electron chi connectivity index (χ0n) is 21.1. The number of carbonyl (C=O) groups is 3. The molecular formula is C28H37N3O4. The van der Waals surface area contributed by atoms with Gasteiger partial charge in [0.15, 0.2) is 5.78 Å². The molecule has 7 nitrogen and oxygen atoms in total. The second kappa shape index (κ2) is 9.41. The molecule has 0 aromatic heterocycles. The predicted octanol–water partition coefficient (Wildman–Crippen LogP) is 4.23. The van der Waals surface area contributed by atoms with E-state index in [1.54, 1.807) is 9.80 Å². The molecule has 3 aliphatic heterocycles. The number of benzene rings is 1. The van der Waals surface area contributed by atoms with Crippen LogP contribution in [-0.2, 0) is 16.0 Å². The van der Waals surface area contributed by atoms with E-state index in [4.69, 9.17) is 4.74 Å². The van der Waals surface area contributed by atoms with Crippen LogP contribution < -0.4 is 5.32 Å². The number of Topliss-reactive ketones (excluding diaryl/α,β-unsaturated/α-hetero) is 1. The number of fused-ring (bicyclic) bond motifs is 2. The van der Waals surface area contributed by atoms with Crippen molar-refractivity contribution >= 4 is 17.8 Å². The Morgan fingerprint density at radius 2 is 1.83 bits per heavy atom. The van der Waals surface area contributed by atoms with Crippen molar-refractivity contribution < 1.29 is 19.1 Å². The van der Waals surface area contributed by atoms with Crippen LogP contribution in [0.5, 0.6) is 0 Å². The molecule has 1 aromatic carbocycles. The summed E-state index contributed by atoms with van der Waals surface area (Å²) < 4.78 is 5.50. The first-order chi connectivity index (χ1) is 16.7. The van der Waals surface area contributed by atoms with Crippen molar-refractivity contribution in [3.8, 4) is 0 Å². The van der Waals surface area contributed by atoms with Gasteiger partial charge in [-0.1, -0.05) is 25.3 Å². The summed E-state index contributed by atoms with van der Waals surface area (Å²) in [5.41, 5.74) is 3.38. The van der Waals surface area contributed by atoms with E-state index < -0.39 is 5.60 Å². The van der Waals surface area contributed by atoms with E-state index in [0.29, 0.717) is 31.0 Å². The molecule has 1 aromatic rings. The van der Waals surface area contributed by atoms with Gasteiger partial charge < -0.3 is 19.9 Å². The summed E-state index contributed by atoms with van der Waals surface area (Å²) in [5, 5.41) is 3.43. The normalized spacial score (nSPS) is 24.6. The van der Waals surface area contributed by atoms with Gasteiger partial charge in [0, 0.05) is 49.8 Å². The van der Waals surface area contributed by atoms with Crippen LogP contribution in [0.25, 0.3) is 0 Å². The highest BCUT2D eigenvalue weighted by atomic mass is 16.6. The van der Waals surface area contributed by atoms with E-state index in [0.717, 1.165) is 55.3 Å². The number of rotatable bonds is 3. The minimum absolute atomic E-state index is 0.0211. The molecule has 2 unspecified atom stereocenters. The lowest BCUT2D eigenvalue weighted by atomic mass is 9.80. The van der Waals surface area contributed by atoms with Gasteiger partial charge in [-0.3, -0.25) is 9.59 Å². The van der Waals surface area contributed by atoms with Crippen LogP contribution in [-0.4, -0.2) is 59.4 Å². The Balaban J connectivity index is 1.26. The monoisotopic (exact) mass is 479 g/mol. The van der Waals surface area contributed by atoms with Crippen LogP contribution in [0.3, 0.4) is 0 Å². The molecule has 5 rings (SSSR count). The van der Waals surface area contributed by atoms with Gasteiger partial charge in [0.25, 0.3) is 5.91 Å². The number of hydrogen-bond donors (Lipinski definition) is 1. The van der Waals surface area contributed by atoms with Gasteiger partial charge in [0.1, 0.15) is 5.60 Å². The summed E-state index contributed by atoms with van der Waals surface area (Å²) in [6, 6.07) is 5.58. The fourth-order valence-corrected chi connectivity index (χ4v) is 5.96. The van der Waals surface area contributed by atoms with E-state index in [-0.39, 0.29) is 29.9 Å². The van der Waals surface area contributed by atoms with Gasteiger partial charge in [-0.25, -0.2) is 4.79 Å². The number of amides is 2. The Labute approximate surface area is 207 Å². The summed E-state index contributed by atoms with van der Waals surface area (Å²) in [6.07, 6.45) is 7.95. The molecule has 188 valence electrons. The smallest absolute Gasteiger partial charge is 0.410 e. The van der Waals surface area contributed by atoms with Crippen LogP contribution in [0.2, 0.25) is 0 Å². The first kappa shape index (κ1) is 24.0. The fraction of sp³-hybridized carbons (Fsp3) is 0.607. The molecule has 1 N–H and O–H groups in total. The van der Waals surface area contributed by atoms with Crippen LogP contribution >= 0.6 is 0 Å². The minimum atomic E-state index is -0.521. The van der Waals surface area contributed by atoms with E-state index in [9.17, 15) is 14.4 Å². The molecule has 3 heterocycles. The Bertz CT molecular complexity index is 1050. The summed E-state index contributed by atoms with van der Waals surface area (Å²) >= 11 is 0. The SMILES string of the molecule is CC(C)(C)OC(=O)N1CC2=CN(C(=O)c3ccc4c(c3)CCNC4C(=O)C3CCCCC3)CC2C1. The summed E-state index contributed by atoms with van der Waals surface area (Å²) in [6.45, 7) is 8.01. The lowest BCUT2D eigenvalue weighted by Gasteiger charge is -2.31. The molecule has 0 radical (unpaired) electrons. The van der Waals surface area contributed by atoms with Crippen molar-refractivity contribution in [3.05, 3.63) is 46.7 Å². The number of ketones is 1. The Kier molecular flexibility index (Phi) is 6.47. The minimum Gasteiger partial charge on any atom is -0.444 e. The quantitative estimate of drug-likeness (QED) is 0.702. The molecule has 2 atom stereocenters. The molecule has 2 fully saturated rings. The number of likely N-dealkylation sites (tertiary alicyclic amines) is 1. The molecule has 4 aliphatic rings. The van der Waals surface area contributed by atoms with Crippen molar-refractivity contribution in [1.29, 1.82) is 0 Å². The Morgan fingerprint density at radius 1 is 1.06 bits per heavy atom. The topological polar surface area (TPSA) is 79.0 Å². The molecule has 1 saturated carbocycles. The number of nitrogens with zero attached hydrogens (tertiary/aromatic N) is 2. The highest BCUT2D eigenvalue weighted by Crippen LogP contribution is 2.34. The Morgan fingerprint density at radius 3 is 2.54 bits per heavy atom. The number of ether oxygens (including phenoxy) is 1. The maximum atomic E-state index is 13.3. The lowest BCUT2D eigenvalue weighted by molar-refractivity contribution is -0.126. The number of carbonyl (C=O) groups excluding carboxylic acids is 3. The predicted molar refractivity (Wildman–Crippen MR) is 133 cm³/mol. The summed E-state index contributed by atoms with van der Waals surface area (Å²) in [4.78, 5) is 42.5. The molecule has 7 heteroatoms. The lowest BCUT2D eigenvalue weighted by Crippen LogP contribution is -2.39. The third-order valence-corrected chi connectivity index (χ3v) is 7.73. The Hall–Kier alpha value is -2.67. The molecule has 1 aliphatic carbocycles. The molecule has 35 heavy (non-hydrogen) atoms.